The van der Waals surface area contributed by atoms with Crippen LogP contribution in [-0.2, 0) is 14.8 Å². The smallest absolute Gasteiger partial charge is 0.406 e. The predicted octanol–water partition coefficient (Wildman–Crippen LogP) is 1.99. The predicted molar refractivity (Wildman–Crippen MR) is 67.3 cm³/mol. The third-order valence-electron chi connectivity index (χ3n) is 2.97. The minimum Gasteiger partial charge on any atom is -0.406 e. The van der Waals surface area contributed by atoms with Crippen LogP contribution in [0.2, 0.25) is 0 Å². The highest BCUT2D eigenvalue weighted by molar-refractivity contribution is 7.89. The zero-order valence-electron chi connectivity index (χ0n) is 11.1. The molecule has 0 amide bonds. The summed E-state index contributed by atoms with van der Waals surface area (Å²) in [5.74, 6) is -0.462. The molecule has 1 aromatic rings. The van der Waals surface area contributed by atoms with Gasteiger partial charge < -0.3 is 9.47 Å². The number of rotatable bonds is 3. The summed E-state index contributed by atoms with van der Waals surface area (Å²) < 4.78 is 71.1. The molecule has 1 aliphatic heterocycles. The van der Waals surface area contributed by atoms with Gasteiger partial charge in [-0.25, -0.2) is 8.42 Å². The topological polar surface area (TPSA) is 55.8 Å². The number of alkyl halides is 3. The fourth-order valence-electron chi connectivity index (χ4n) is 2.02. The first-order valence-electron chi connectivity index (χ1n) is 6.15. The summed E-state index contributed by atoms with van der Waals surface area (Å²) in [6, 6.07) is 3.82. The van der Waals surface area contributed by atoms with E-state index in [9.17, 15) is 21.6 Å². The van der Waals surface area contributed by atoms with E-state index in [1.54, 1.807) is 6.92 Å². The Morgan fingerprint density at radius 2 is 1.90 bits per heavy atom. The molecule has 1 saturated heterocycles. The monoisotopic (exact) mass is 325 g/mol. The normalized spacial score (nSPS) is 21.2. The fraction of sp³-hybridized carbons (Fsp3) is 0.500. The first kappa shape index (κ1) is 16.1. The van der Waals surface area contributed by atoms with Gasteiger partial charge in [-0.15, -0.1) is 13.2 Å². The second-order valence-electron chi connectivity index (χ2n) is 4.56. The average Bonchev–Trinajstić information content (AvgIpc) is 2.37. The number of benzene rings is 1. The van der Waals surface area contributed by atoms with Crippen LogP contribution in [0.1, 0.15) is 6.92 Å². The van der Waals surface area contributed by atoms with E-state index in [0.29, 0.717) is 6.61 Å². The summed E-state index contributed by atoms with van der Waals surface area (Å²) in [5.41, 5.74) is 0. The molecule has 118 valence electrons. The first-order chi connectivity index (χ1) is 9.70. The number of ether oxygens (including phenoxy) is 2. The highest BCUT2D eigenvalue weighted by Gasteiger charge is 2.33. The van der Waals surface area contributed by atoms with Crippen molar-refractivity contribution in [1.29, 1.82) is 0 Å². The Morgan fingerprint density at radius 1 is 1.29 bits per heavy atom. The van der Waals surface area contributed by atoms with Crippen molar-refractivity contribution in [3.05, 3.63) is 24.3 Å². The van der Waals surface area contributed by atoms with Crippen LogP contribution >= 0.6 is 0 Å². The maximum Gasteiger partial charge on any atom is 0.573 e. The quantitative estimate of drug-likeness (QED) is 0.853. The summed E-state index contributed by atoms with van der Waals surface area (Å²) >= 11 is 0. The van der Waals surface area contributed by atoms with Gasteiger partial charge in [0.2, 0.25) is 10.0 Å². The van der Waals surface area contributed by atoms with E-state index in [1.807, 2.05) is 0 Å². The molecule has 0 N–H and O–H groups in total. The number of morpholine rings is 1. The molecule has 0 bridgehead atoms. The molecule has 0 aliphatic carbocycles. The molecule has 1 fully saturated rings. The fourth-order valence-corrected chi connectivity index (χ4v) is 3.62. The van der Waals surface area contributed by atoms with E-state index < -0.39 is 22.1 Å². The van der Waals surface area contributed by atoms with Gasteiger partial charge in [0.25, 0.3) is 0 Å². The van der Waals surface area contributed by atoms with Gasteiger partial charge >= 0.3 is 6.36 Å². The molecule has 0 unspecified atom stereocenters. The van der Waals surface area contributed by atoms with Crippen molar-refractivity contribution in [2.45, 2.75) is 24.2 Å². The molecule has 1 aromatic carbocycles. The Labute approximate surface area is 120 Å². The van der Waals surface area contributed by atoms with Crippen LogP contribution in [-0.4, -0.2) is 44.9 Å². The Kier molecular flexibility index (Phi) is 4.45. The molecule has 21 heavy (non-hydrogen) atoms. The second-order valence-corrected chi connectivity index (χ2v) is 6.45. The van der Waals surface area contributed by atoms with Crippen molar-refractivity contribution in [1.82, 2.24) is 4.31 Å². The molecule has 9 heteroatoms. The van der Waals surface area contributed by atoms with E-state index in [1.165, 1.54) is 4.31 Å². The van der Waals surface area contributed by atoms with Crippen LogP contribution in [0.5, 0.6) is 5.75 Å². The largest absolute Gasteiger partial charge is 0.573 e. The van der Waals surface area contributed by atoms with Gasteiger partial charge in [0, 0.05) is 12.6 Å². The van der Waals surface area contributed by atoms with E-state index in [4.69, 9.17) is 4.74 Å². The van der Waals surface area contributed by atoms with Crippen molar-refractivity contribution in [3.63, 3.8) is 0 Å². The van der Waals surface area contributed by atoms with Gasteiger partial charge in [0.15, 0.2) is 0 Å². The lowest BCUT2D eigenvalue weighted by atomic mass is 10.3. The van der Waals surface area contributed by atoms with Gasteiger partial charge in [0.05, 0.1) is 18.1 Å². The van der Waals surface area contributed by atoms with Crippen molar-refractivity contribution < 1.29 is 31.1 Å². The Hall–Kier alpha value is -1.32. The van der Waals surface area contributed by atoms with E-state index in [2.05, 4.69) is 4.74 Å². The van der Waals surface area contributed by atoms with Crippen LogP contribution in [0.25, 0.3) is 0 Å². The van der Waals surface area contributed by atoms with Crippen LogP contribution in [0.3, 0.4) is 0 Å². The minimum atomic E-state index is -4.81. The number of halogens is 3. The molecule has 1 heterocycles. The van der Waals surface area contributed by atoms with E-state index in [-0.39, 0.29) is 24.1 Å². The molecule has 5 nitrogen and oxygen atoms in total. The molecule has 0 spiro atoms. The lowest BCUT2D eigenvalue weighted by Crippen LogP contribution is -2.46. The van der Waals surface area contributed by atoms with Crippen LogP contribution in [0.4, 0.5) is 13.2 Å². The van der Waals surface area contributed by atoms with Crippen LogP contribution < -0.4 is 4.74 Å². The third kappa shape index (κ3) is 3.86. The van der Waals surface area contributed by atoms with Crippen molar-refractivity contribution in [3.8, 4) is 5.75 Å². The molecule has 1 aliphatic rings. The summed E-state index contributed by atoms with van der Waals surface area (Å²) in [5, 5.41) is 0. The Bertz CT molecular complexity index is 586. The Balaban J connectivity index is 2.21. The standard InChI is InChI=1S/C12H14F3NO4S/c1-9-8-19-7-6-16(9)21(17,18)11-4-2-10(3-5-11)20-12(13,14)15/h2-5,9H,6-8H2,1H3/t9-/m1/s1. The van der Waals surface area contributed by atoms with Gasteiger partial charge in [-0.2, -0.15) is 4.31 Å². The lowest BCUT2D eigenvalue weighted by molar-refractivity contribution is -0.274. The maximum atomic E-state index is 12.4. The maximum absolute atomic E-state index is 12.4. The molecule has 0 aromatic heterocycles. The van der Waals surface area contributed by atoms with Gasteiger partial charge in [-0.3, -0.25) is 0 Å². The average molecular weight is 325 g/mol. The van der Waals surface area contributed by atoms with Crippen molar-refractivity contribution in [2.24, 2.45) is 0 Å². The minimum absolute atomic E-state index is 0.0780. The SMILES string of the molecule is C[C@@H]1COCCN1S(=O)(=O)c1ccc(OC(F)(F)F)cc1. The summed E-state index contributed by atoms with van der Waals surface area (Å²) in [6.07, 6.45) is -4.81. The van der Waals surface area contributed by atoms with Crippen LogP contribution in [0.15, 0.2) is 29.2 Å². The second kappa shape index (κ2) is 5.82. The third-order valence-corrected chi connectivity index (χ3v) is 5.00. The zero-order chi connectivity index (χ0) is 15.7. The molecule has 2 rings (SSSR count). The zero-order valence-corrected chi connectivity index (χ0v) is 11.9. The first-order valence-corrected chi connectivity index (χ1v) is 7.59. The molecule has 0 radical (unpaired) electrons. The van der Waals surface area contributed by atoms with Crippen molar-refractivity contribution >= 4 is 10.0 Å². The molecular formula is C12H14F3NO4S. The molecule has 1 atom stereocenters. The van der Waals surface area contributed by atoms with Crippen molar-refractivity contribution in [2.75, 3.05) is 19.8 Å². The summed E-state index contributed by atoms with van der Waals surface area (Å²) in [6.45, 7) is 2.50. The summed E-state index contributed by atoms with van der Waals surface area (Å²) in [4.78, 5) is -0.0780. The van der Waals surface area contributed by atoms with Gasteiger partial charge in [-0.05, 0) is 31.2 Å². The number of sulfonamides is 1. The molecular weight excluding hydrogens is 311 g/mol. The highest BCUT2D eigenvalue weighted by Crippen LogP contribution is 2.26. The lowest BCUT2D eigenvalue weighted by Gasteiger charge is -2.32. The van der Waals surface area contributed by atoms with Crippen LogP contribution in [0, 0.1) is 0 Å². The molecule has 0 saturated carbocycles. The Morgan fingerprint density at radius 3 is 2.43 bits per heavy atom. The van der Waals surface area contributed by atoms with E-state index in [0.717, 1.165) is 24.3 Å². The van der Waals surface area contributed by atoms with E-state index >= 15 is 0 Å². The summed E-state index contributed by atoms with van der Waals surface area (Å²) in [7, 11) is -3.76. The number of hydrogen-bond donors (Lipinski definition) is 0. The van der Waals surface area contributed by atoms with Gasteiger partial charge in [-0.1, -0.05) is 0 Å². The van der Waals surface area contributed by atoms with Gasteiger partial charge in [0.1, 0.15) is 5.75 Å². The number of nitrogens with zero attached hydrogens (tertiary/aromatic N) is 1. The number of hydrogen-bond acceptors (Lipinski definition) is 4. The highest BCUT2D eigenvalue weighted by atomic mass is 32.2.